The van der Waals surface area contributed by atoms with Crippen molar-refractivity contribution in [2.45, 2.75) is 0 Å². The molecule has 62 valence electrons. The van der Waals surface area contributed by atoms with E-state index in [2.05, 4.69) is 44.6 Å². The number of nitrogen functional groups attached to an aromatic ring is 1. The Morgan fingerprint density at radius 3 is 2.83 bits per heavy atom. The zero-order chi connectivity index (χ0) is 8.72. The summed E-state index contributed by atoms with van der Waals surface area (Å²) in [5.41, 5.74) is 6.71. The molecule has 0 radical (unpaired) electrons. The zero-order valence-electron chi connectivity index (χ0n) is 5.97. The van der Waals surface area contributed by atoms with Gasteiger partial charge in [-0.3, -0.25) is 0 Å². The highest BCUT2D eigenvalue weighted by Gasteiger charge is 2.08. The van der Waals surface area contributed by atoms with Crippen LogP contribution in [0.15, 0.2) is 22.0 Å². The Balaban J connectivity index is 2.97. The van der Waals surface area contributed by atoms with Crippen LogP contribution in [-0.2, 0) is 0 Å². The maximum absolute atomic E-state index is 5.85. The zero-order valence-corrected chi connectivity index (χ0v) is 10.5. The molecule has 0 aliphatic carbocycles. The van der Waals surface area contributed by atoms with Gasteiger partial charge in [-0.2, -0.15) is 0 Å². The molecule has 0 amide bonds. The summed E-state index contributed by atoms with van der Waals surface area (Å²) in [6.45, 7) is 0. The largest absolute Gasteiger partial charge is 0.398 e. The van der Waals surface area contributed by atoms with Crippen LogP contribution in [0.1, 0.15) is 0 Å². The summed E-state index contributed by atoms with van der Waals surface area (Å²) in [6.07, 6.45) is 0. The molecule has 0 bridgehead atoms. The Bertz CT molecular complexity index is 438. The molecule has 1 heterocycles. The first-order valence-electron chi connectivity index (χ1n) is 3.32. The maximum Gasteiger partial charge on any atom is 0.0845 e. The molecule has 0 saturated carbocycles. The maximum atomic E-state index is 5.85. The predicted molar refractivity (Wildman–Crippen MR) is 66.7 cm³/mol. The van der Waals surface area contributed by atoms with Gasteiger partial charge in [0.2, 0.25) is 0 Å². The van der Waals surface area contributed by atoms with Crippen LogP contribution in [-0.4, -0.2) is 0 Å². The fraction of sp³-hybridized carbons (Fsp3) is 0. The molecular weight excluding hydrogens is 349 g/mol. The van der Waals surface area contributed by atoms with Crippen molar-refractivity contribution in [1.29, 1.82) is 0 Å². The summed E-state index contributed by atoms with van der Waals surface area (Å²) in [6, 6.07) is 6.00. The average molecular weight is 354 g/mol. The van der Waals surface area contributed by atoms with Crippen LogP contribution >= 0.6 is 49.9 Å². The second-order valence-electron chi connectivity index (χ2n) is 2.41. The molecule has 1 aromatic heterocycles. The average Bonchev–Trinajstić information content (AvgIpc) is 2.29. The lowest BCUT2D eigenvalue weighted by atomic mass is 10.2. The van der Waals surface area contributed by atoms with Gasteiger partial charge in [0.15, 0.2) is 0 Å². The van der Waals surface area contributed by atoms with Gasteiger partial charge in [-0.25, -0.2) is 0 Å². The van der Waals surface area contributed by atoms with Crippen LogP contribution in [0, 0.1) is 3.57 Å². The molecule has 0 aliphatic rings. The Hall–Kier alpha value is 0.190. The van der Waals surface area contributed by atoms with E-state index in [1.54, 1.807) is 11.3 Å². The van der Waals surface area contributed by atoms with E-state index in [4.69, 9.17) is 5.73 Å². The number of rotatable bonds is 0. The highest BCUT2D eigenvalue weighted by molar-refractivity contribution is 14.1. The third kappa shape index (κ3) is 1.25. The lowest BCUT2D eigenvalue weighted by molar-refractivity contribution is 1.77. The van der Waals surface area contributed by atoms with Crippen molar-refractivity contribution >= 4 is 65.6 Å². The number of nitrogens with two attached hydrogens (primary N) is 1. The van der Waals surface area contributed by atoms with E-state index >= 15 is 0 Å². The molecule has 2 N–H and O–H groups in total. The molecular formula is C8H5BrINS. The minimum Gasteiger partial charge on any atom is -0.398 e. The summed E-state index contributed by atoms with van der Waals surface area (Å²) in [4.78, 5) is 0. The summed E-state index contributed by atoms with van der Waals surface area (Å²) in [5.74, 6) is 0. The van der Waals surface area contributed by atoms with Crippen molar-refractivity contribution < 1.29 is 0 Å². The molecule has 1 aromatic carbocycles. The second-order valence-corrected chi connectivity index (χ2v) is 5.86. The first-order chi connectivity index (χ1) is 5.70. The minimum absolute atomic E-state index is 0.860. The summed E-state index contributed by atoms with van der Waals surface area (Å²) in [5, 5.41) is 1.18. The van der Waals surface area contributed by atoms with Gasteiger partial charge in [-0.15, -0.1) is 11.3 Å². The Morgan fingerprint density at radius 1 is 1.42 bits per heavy atom. The fourth-order valence-corrected chi connectivity index (χ4v) is 3.80. The third-order valence-corrected chi connectivity index (χ3v) is 5.66. The van der Waals surface area contributed by atoms with Gasteiger partial charge in [0.25, 0.3) is 0 Å². The lowest BCUT2D eigenvalue weighted by Crippen LogP contribution is -1.84. The van der Waals surface area contributed by atoms with Gasteiger partial charge in [-0.1, -0.05) is 6.07 Å². The minimum atomic E-state index is 0.860. The van der Waals surface area contributed by atoms with E-state index in [0.29, 0.717) is 0 Å². The molecule has 0 aliphatic heterocycles. The van der Waals surface area contributed by atoms with Crippen molar-refractivity contribution in [3.63, 3.8) is 0 Å². The smallest absolute Gasteiger partial charge is 0.0845 e. The molecule has 0 saturated heterocycles. The normalized spacial score (nSPS) is 10.8. The molecule has 0 unspecified atom stereocenters. The molecule has 0 fully saturated rings. The van der Waals surface area contributed by atoms with Gasteiger partial charge >= 0.3 is 0 Å². The summed E-state index contributed by atoms with van der Waals surface area (Å²) < 4.78 is 3.62. The van der Waals surface area contributed by atoms with E-state index in [-0.39, 0.29) is 0 Å². The first kappa shape index (κ1) is 8.77. The number of benzene rings is 1. The Kier molecular flexibility index (Phi) is 2.31. The molecule has 1 nitrogen and oxygen atoms in total. The number of hydrogen-bond acceptors (Lipinski definition) is 2. The van der Waals surface area contributed by atoms with E-state index in [1.165, 1.54) is 13.7 Å². The highest BCUT2D eigenvalue weighted by Crippen LogP contribution is 2.38. The van der Waals surface area contributed by atoms with Crippen molar-refractivity contribution in [1.82, 2.24) is 0 Å². The van der Waals surface area contributed by atoms with Crippen molar-refractivity contribution in [3.8, 4) is 0 Å². The number of hydrogen-bond donors (Lipinski definition) is 1. The molecule has 2 rings (SSSR count). The summed E-state index contributed by atoms with van der Waals surface area (Å²) in [7, 11) is 0. The lowest BCUT2D eigenvalue weighted by Gasteiger charge is -1.94. The van der Waals surface area contributed by atoms with E-state index in [1.807, 2.05) is 12.1 Å². The Morgan fingerprint density at radius 2 is 2.17 bits per heavy atom. The monoisotopic (exact) mass is 353 g/mol. The standard InChI is InChI=1S/C8H5BrINS/c9-8-7(10)6-4(11)2-1-3-5(6)12-8/h1-3H,11H2. The molecule has 4 heteroatoms. The van der Waals surface area contributed by atoms with Crippen LogP contribution < -0.4 is 5.73 Å². The molecule has 12 heavy (non-hydrogen) atoms. The van der Waals surface area contributed by atoms with Crippen LogP contribution in [0.5, 0.6) is 0 Å². The second kappa shape index (κ2) is 3.16. The van der Waals surface area contributed by atoms with E-state index < -0.39 is 0 Å². The van der Waals surface area contributed by atoms with E-state index in [0.717, 1.165) is 9.47 Å². The Labute approximate surface area is 96.2 Å². The number of halogens is 2. The van der Waals surface area contributed by atoms with Gasteiger partial charge in [0.05, 0.1) is 3.79 Å². The van der Waals surface area contributed by atoms with Crippen molar-refractivity contribution in [2.75, 3.05) is 5.73 Å². The first-order valence-corrected chi connectivity index (χ1v) is 6.01. The van der Waals surface area contributed by atoms with E-state index in [9.17, 15) is 0 Å². The van der Waals surface area contributed by atoms with Crippen LogP contribution in [0.3, 0.4) is 0 Å². The molecule has 0 spiro atoms. The van der Waals surface area contributed by atoms with Gasteiger partial charge in [-0.05, 0) is 50.7 Å². The molecule has 0 atom stereocenters. The number of anilines is 1. The van der Waals surface area contributed by atoms with Crippen molar-refractivity contribution in [3.05, 3.63) is 25.6 Å². The van der Waals surface area contributed by atoms with Gasteiger partial charge < -0.3 is 5.73 Å². The van der Waals surface area contributed by atoms with Gasteiger partial charge in [0.1, 0.15) is 0 Å². The predicted octanol–water partition coefficient (Wildman–Crippen LogP) is 3.85. The summed E-state index contributed by atoms with van der Waals surface area (Å²) >= 11 is 7.53. The topological polar surface area (TPSA) is 26.0 Å². The number of thiophene rings is 1. The number of fused-ring (bicyclic) bond motifs is 1. The fourth-order valence-electron chi connectivity index (χ4n) is 1.11. The van der Waals surface area contributed by atoms with Crippen molar-refractivity contribution in [2.24, 2.45) is 0 Å². The third-order valence-electron chi connectivity index (χ3n) is 1.65. The quantitative estimate of drug-likeness (QED) is 0.565. The van der Waals surface area contributed by atoms with Crippen LogP contribution in [0.4, 0.5) is 5.69 Å². The van der Waals surface area contributed by atoms with Crippen LogP contribution in [0.2, 0.25) is 0 Å². The SMILES string of the molecule is Nc1cccc2sc(Br)c(I)c12. The van der Waals surface area contributed by atoms with Crippen LogP contribution in [0.25, 0.3) is 10.1 Å². The van der Waals surface area contributed by atoms with Gasteiger partial charge in [0, 0.05) is 19.3 Å². The molecule has 2 aromatic rings. The highest BCUT2D eigenvalue weighted by atomic mass is 127.